The van der Waals surface area contributed by atoms with E-state index in [1.54, 1.807) is 6.07 Å². The molecule has 21 N–H and O–H groups in total. The largest absolute Gasteiger partial charge is 0.496 e. The van der Waals surface area contributed by atoms with Gasteiger partial charge in [0, 0.05) is 47.8 Å². The Labute approximate surface area is 480 Å². The average Bonchev–Trinajstić information content (AvgIpc) is 3.67. The number of hydrogen-bond acceptors (Lipinski definition) is 16. The van der Waals surface area contributed by atoms with Gasteiger partial charge in [0.05, 0.1) is 51.6 Å². The van der Waals surface area contributed by atoms with Gasteiger partial charge in [-0.05, 0) is 137 Å². The summed E-state index contributed by atoms with van der Waals surface area (Å²) in [6.45, 7) is 0.881. The van der Waals surface area contributed by atoms with E-state index in [1.807, 2.05) is 0 Å². The van der Waals surface area contributed by atoms with Gasteiger partial charge in [0.2, 0.25) is 29.5 Å². The molecule has 0 saturated carbocycles. The number of ether oxygens (including phenoxy) is 4. The highest BCUT2D eigenvalue weighted by Gasteiger charge is 2.28. The van der Waals surface area contributed by atoms with Crippen molar-refractivity contribution in [3.63, 3.8) is 0 Å². The second-order valence-corrected chi connectivity index (χ2v) is 18.6. The molecule has 4 aromatic rings. The van der Waals surface area contributed by atoms with Gasteiger partial charge in [0.1, 0.15) is 41.1 Å². The van der Waals surface area contributed by atoms with E-state index >= 15 is 0 Å². The highest BCUT2D eigenvalue weighted by molar-refractivity contribution is 6.06. The van der Waals surface area contributed by atoms with Crippen LogP contribution < -0.4 is 96.3 Å². The zero-order chi connectivity index (χ0) is 61.0. The number of rotatable bonds is 34. The number of benzene rings is 4. The number of amides is 8. The zero-order valence-corrected chi connectivity index (χ0v) is 46.9. The fourth-order valence-electron chi connectivity index (χ4n) is 8.27. The molecule has 448 valence electrons. The first kappa shape index (κ1) is 65.8. The van der Waals surface area contributed by atoms with Crippen LogP contribution in [0.2, 0.25) is 0 Å². The molecule has 0 unspecified atom stereocenters. The minimum atomic E-state index is -1.25. The Balaban J connectivity index is 1.56. The third-order valence-corrected chi connectivity index (χ3v) is 12.4. The topological polar surface area (TPSA) is 465 Å². The van der Waals surface area contributed by atoms with E-state index in [0.717, 1.165) is 0 Å². The number of nitrogens with zero attached hydrogens (tertiary/aromatic N) is 2. The Morgan fingerprint density at radius 3 is 1.25 bits per heavy atom. The van der Waals surface area contributed by atoms with Crippen LogP contribution >= 0.6 is 0 Å². The first-order chi connectivity index (χ1) is 39.7. The van der Waals surface area contributed by atoms with Gasteiger partial charge in [-0.25, -0.2) is 0 Å². The first-order valence-corrected chi connectivity index (χ1v) is 26.4. The number of hydrogen-bond donors (Lipinski definition) is 14. The van der Waals surface area contributed by atoms with Crippen LogP contribution in [-0.4, -0.2) is 132 Å². The molecule has 0 saturated heterocycles. The van der Waals surface area contributed by atoms with Gasteiger partial charge in [-0.3, -0.25) is 48.3 Å². The normalized spacial score (nSPS) is 11.7. The van der Waals surface area contributed by atoms with Crippen LogP contribution in [0.4, 0.5) is 22.7 Å². The van der Waals surface area contributed by atoms with E-state index in [2.05, 4.69) is 47.2 Å². The van der Waals surface area contributed by atoms with Crippen molar-refractivity contribution in [2.24, 2.45) is 50.1 Å². The maximum atomic E-state index is 14.3. The molecule has 8 amide bonds. The summed E-state index contributed by atoms with van der Waals surface area (Å²) >= 11 is 0. The van der Waals surface area contributed by atoms with Crippen molar-refractivity contribution in [3.8, 4) is 23.0 Å². The maximum absolute atomic E-state index is 14.3. The molecule has 28 heteroatoms. The van der Waals surface area contributed by atoms with Gasteiger partial charge in [0.15, 0.2) is 11.9 Å². The summed E-state index contributed by atoms with van der Waals surface area (Å²) in [6, 6.07) is 14.1. The number of anilines is 4. The van der Waals surface area contributed by atoms with Crippen molar-refractivity contribution >= 4 is 81.9 Å². The molecule has 0 bridgehead atoms. The predicted octanol–water partition coefficient (Wildman–Crippen LogP) is 0.874. The molecule has 0 heterocycles. The lowest BCUT2D eigenvalue weighted by Crippen LogP contribution is -2.44. The molecule has 0 aromatic heterocycles. The van der Waals surface area contributed by atoms with E-state index in [4.69, 9.17) is 59.1 Å². The van der Waals surface area contributed by atoms with Gasteiger partial charge < -0.3 is 96.3 Å². The Kier molecular flexibility index (Phi) is 26.8. The van der Waals surface area contributed by atoms with Gasteiger partial charge in [-0.15, -0.1) is 0 Å². The quantitative estimate of drug-likeness (QED) is 0.0175. The van der Waals surface area contributed by atoms with Crippen molar-refractivity contribution in [1.29, 1.82) is 0 Å². The number of aliphatic imine (C=N–C) groups is 2. The highest BCUT2D eigenvalue weighted by atomic mass is 16.5. The maximum Gasteiger partial charge on any atom is 0.255 e. The molecule has 83 heavy (non-hydrogen) atoms. The van der Waals surface area contributed by atoms with Gasteiger partial charge >= 0.3 is 0 Å². The summed E-state index contributed by atoms with van der Waals surface area (Å²) in [5, 5.41) is 19.2. The minimum Gasteiger partial charge on any atom is -0.496 e. The van der Waals surface area contributed by atoms with E-state index in [-0.39, 0.29) is 139 Å². The second kappa shape index (κ2) is 33.8. The van der Waals surface area contributed by atoms with Crippen LogP contribution in [0.25, 0.3) is 0 Å². The fraction of sp³-hybridized carbons (Fsp3) is 0.382. The van der Waals surface area contributed by atoms with E-state index < -0.39 is 59.5 Å². The highest BCUT2D eigenvalue weighted by Crippen LogP contribution is 2.28. The molecule has 0 radical (unpaired) electrons. The lowest BCUT2D eigenvalue weighted by atomic mass is 10.1. The molecule has 0 aliphatic carbocycles. The van der Waals surface area contributed by atoms with Crippen LogP contribution in [0.1, 0.15) is 94.4 Å². The molecular formula is C55H76N16O12. The first-order valence-electron chi connectivity index (χ1n) is 26.4. The Hall–Kier alpha value is -9.70. The summed E-state index contributed by atoms with van der Waals surface area (Å²) < 4.78 is 21.7. The van der Waals surface area contributed by atoms with Crippen molar-refractivity contribution in [2.45, 2.75) is 82.3 Å². The Morgan fingerprint density at radius 2 is 0.831 bits per heavy atom. The van der Waals surface area contributed by atoms with E-state index in [9.17, 15) is 38.4 Å². The fourth-order valence-corrected chi connectivity index (χ4v) is 8.27. The SMILES string of the molecule is COc1ccc(NC(=O)[C@@H](CCCN=C(N)N)NC(=O)c2cc(NC(=O)[C@@H](CCCN=C(N)N)NC(=O)c3cc(NC(=O)CCCCN)ccc3OC)ccc2OC)cc1CC(=O)N[C@H](CCCN)C(=O)Nc1ccc(OC)c(C(N)=O)c1. The molecule has 4 rings (SSSR count). The van der Waals surface area contributed by atoms with Crippen LogP contribution in [0, 0.1) is 0 Å². The number of carbonyl (C=O) groups excluding carboxylic acids is 8. The minimum absolute atomic E-state index is 0.0151. The third-order valence-electron chi connectivity index (χ3n) is 12.4. The van der Waals surface area contributed by atoms with Crippen molar-refractivity contribution < 1.29 is 57.3 Å². The molecule has 0 spiro atoms. The molecular weight excluding hydrogens is 1080 g/mol. The molecule has 3 atom stereocenters. The number of unbranched alkanes of at least 4 members (excludes halogenated alkanes) is 1. The predicted molar refractivity (Wildman–Crippen MR) is 314 cm³/mol. The number of guanidine groups is 2. The summed E-state index contributed by atoms with van der Waals surface area (Å²) in [6.07, 6.45) is 2.19. The lowest BCUT2D eigenvalue weighted by Gasteiger charge is -2.21. The summed E-state index contributed by atoms with van der Waals surface area (Å²) in [7, 11) is 5.44. The van der Waals surface area contributed by atoms with Crippen molar-refractivity contribution in [3.05, 3.63) is 95.1 Å². The summed E-state index contributed by atoms with van der Waals surface area (Å²) in [5.41, 5.74) is 40.1. The standard InChI is InChI=1S/C55H76N16O12/c1-80-42-18-14-32(26-31(42)27-47(73)69-39(10-7-23-57)51(77)67-34-16-19-43(81-2)36(28-34)48(58)74)66-52(78)40(11-8-24-63-54(59)60)70-50(76)38-30-35(17-21-45(38)83-4)68-53(79)41(12-9-25-64-55(61)62)71-49(75)37-29-33(15-20-44(37)82-3)65-46(72)13-5-6-22-56/h14-21,26,28-30,39-41H,5-13,22-25,27,56-57H2,1-4H3,(H2,58,74)(H,65,72)(H,66,78)(H,67,77)(H,68,79)(H,69,73)(H,70,76)(H,71,75)(H4,59,60,63)(H4,61,62,64)/t39-,40-,41-/m1/s1. The van der Waals surface area contributed by atoms with Gasteiger partial charge in [-0.1, -0.05) is 0 Å². The molecule has 0 aliphatic heterocycles. The summed E-state index contributed by atoms with van der Waals surface area (Å²) in [5.74, 6) is -4.76. The number of nitrogens with one attached hydrogen (secondary N) is 7. The third kappa shape index (κ3) is 21.4. The molecule has 4 aromatic carbocycles. The summed E-state index contributed by atoms with van der Waals surface area (Å²) in [4.78, 5) is 116. The van der Waals surface area contributed by atoms with Crippen molar-refractivity contribution in [2.75, 3.05) is 75.9 Å². The Morgan fingerprint density at radius 1 is 0.446 bits per heavy atom. The smallest absolute Gasteiger partial charge is 0.255 e. The molecule has 28 nitrogen and oxygen atoms in total. The molecule has 0 fully saturated rings. The number of carbonyl (C=O) groups is 8. The van der Waals surface area contributed by atoms with E-state index in [0.29, 0.717) is 37.1 Å². The second-order valence-electron chi connectivity index (χ2n) is 18.6. The van der Waals surface area contributed by atoms with E-state index in [1.165, 1.54) is 95.2 Å². The van der Waals surface area contributed by atoms with Crippen LogP contribution in [-0.2, 0) is 30.4 Å². The zero-order valence-electron chi connectivity index (χ0n) is 46.9. The van der Waals surface area contributed by atoms with Crippen LogP contribution in [0.5, 0.6) is 23.0 Å². The monoisotopic (exact) mass is 1150 g/mol. The van der Waals surface area contributed by atoms with Crippen molar-refractivity contribution in [1.82, 2.24) is 16.0 Å². The Bertz CT molecular complexity index is 2980. The van der Waals surface area contributed by atoms with Gasteiger partial charge in [-0.2, -0.15) is 0 Å². The van der Waals surface area contributed by atoms with Gasteiger partial charge in [0.25, 0.3) is 17.7 Å². The number of primary amides is 1. The average molecular weight is 1150 g/mol. The number of nitrogens with two attached hydrogens (primary N) is 7. The lowest BCUT2D eigenvalue weighted by molar-refractivity contribution is -0.126. The van der Waals surface area contributed by atoms with Crippen LogP contribution in [0.15, 0.2) is 82.8 Å². The molecule has 0 aliphatic rings. The number of methoxy groups -OCH3 is 4. The van der Waals surface area contributed by atoms with Crippen LogP contribution in [0.3, 0.4) is 0 Å².